The van der Waals surface area contributed by atoms with Gasteiger partial charge in [-0.1, -0.05) is 12.1 Å². The summed E-state index contributed by atoms with van der Waals surface area (Å²) < 4.78 is 5.17. The number of benzene rings is 1. The Kier molecular flexibility index (Phi) is 3.78. The first kappa shape index (κ1) is 12.6. The van der Waals surface area contributed by atoms with Crippen LogP contribution in [-0.4, -0.2) is 17.9 Å². The van der Waals surface area contributed by atoms with Crippen LogP contribution in [0.25, 0.3) is 11.3 Å². The van der Waals surface area contributed by atoms with E-state index in [1.165, 1.54) is 0 Å². The fraction of sp³-hybridized carbons (Fsp3) is 0.154. The van der Waals surface area contributed by atoms with Gasteiger partial charge in [-0.15, -0.1) is 0 Å². The number of nitrogens with zero attached hydrogens (tertiary/aromatic N) is 2. The first-order chi connectivity index (χ1) is 9.22. The molecule has 0 atom stereocenters. The lowest BCUT2D eigenvalue weighted by Crippen LogP contribution is -2.09. The van der Waals surface area contributed by atoms with Gasteiger partial charge in [-0.3, -0.25) is 4.79 Å². The Morgan fingerprint density at radius 1 is 1.42 bits per heavy atom. The number of carbonyl (C=O) groups is 1. The molecule has 0 fully saturated rings. The van der Waals surface area contributed by atoms with Crippen molar-refractivity contribution in [3.05, 3.63) is 30.5 Å². The molecule has 2 aromatic rings. The summed E-state index contributed by atoms with van der Waals surface area (Å²) in [5.74, 6) is -0.325. The average Bonchev–Trinajstić information content (AvgIpc) is 2.88. The van der Waals surface area contributed by atoms with Crippen LogP contribution in [0.4, 0.5) is 11.7 Å². The Morgan fingerprint density at radius 3 is 2.74 bits per heavy atom. The highest BCUT2D eigenvalue weighted by Gasteiger charge is 2.06. The number of oxazole rings is 1. The van der Waals surface area contributed by atoms with Crippen LogP contribution < -0.4 is 10.6 Å². The summed E-state index contributed by atoms with van der Waals surface area (Å²) in [5.41, 5.74) is 2.23. The molecule has 0 saturated heterocycles. The first-order valence-corrected chi connectivity index (χ1v) is 5.63. The van der Waals surface area contributed by atoms with Gasteiger partial charge in [0.25, 0.3) is 6.01 Å². The zero-order valence-electron chi connectivity index (χ0n) is 10.3. The van der Waals surface area contributed by atoms with Crippen LogP contribution in [0.5, 0.6) is 0 Å². The molecule has 0 aliphatic heterocycles. The third-order valence-corrected chi connectivity index (χ3v) is 2.42. The van der Waals surface area contributed by atoms with Crippen molar-refractivity contribution in [1.82, 2.24) is 4.98 Å². The van der Waals surface area contributed by atoms with Crippen molar-refractivity contribution in [1.29, 1.82) is 5.26 Å². The fourth-order valence-electron chi connectivity index (χ4n) is 1.52. The summed E-state index contributed by atoms with van der Waals surface area (Å²) >= 11 is 0. The number of amides is 1. The average molecular weight is 256 g/mol. The van der Waals surface area contributed by atoms with E-state index in [1.54, 1.807) is 31.5 Å². The van der Waals surface area contributed by atoms with Crippen molar-refractivity contribution in [2.24, 2.45) is 0 Å². The molecule has 2 rings (SSSR count). The second-order valence-corrected chi connectivity index (χ2v) is 3.75. The summed E-state index contributed by atoms with van der Waals surface area (Å²) in [7, 11) is 1.73. The Hall–Kier alpha value is -2.81. The number of nitriles is 1. The quantitative estimate of drug-likeness (QED) is 0.875. The van der Waals surface area contributed by atoms with Crippen molar-refractivity contribution in [2.45, 2.75) is 6.42 Å². The fourth-order valence-corrected chi connectivity index (χ4v) is 1.52. The van der Waals surface area contributed by atoms with E-state index >= 15 is 0 Å². The molecule has 0 aliphatic rings. The number of carbonyl (C=O) groups excluding carboxylic acids is 1. The molecule has 6 nitrogen and oxygen atoms in total. The normalized spacial score (nSPS) is 9.68. The predicted octanol–water partition coefficient (Wildman–Crippen LogP) is 2.24. The van der Waals surface area contributed by atoms with Crippen LogP contribution >= 0.6 is 0 Å². The SMILES string of the molecule is CNc1nc(-c2ccc(NC(=O)CC#N)cc2)co1. The van der Waals surface area contributed by atoms with Gasteiger partial charge >= 0.3 is 0 Å². The first-order valence-electron chi connectivity index (χ1n) is 5.63. The molecule has 0 aliphatic carbocycles. The molecule has 0 unspecified atom stereocenters. The van der Waals surface area contributed by atoms with E-state index in [4.69, 9.17) is 9.68 Å². The van der Waals surface area contributed by atoms with Crippen molar-refractivity contribution >= 4 is 17.6 Å². The van der Waals surface area contributed by atoms with Crippen LogP contribution in [0, 0.1) is 11.3 Å². The molecular formula is C13H12N4O2. The van der Waals surface area contributed by atoms with E-state index in [-0.39, 0.29) is 12.3 Å². The lowest BCUT2D eigenvalue weighted by Gasteiger charge is -2.03. The van der Waals surface area contributed by atoms with Crippen molar-refractivity contribution in [2.75, 3.05) is 17.7 Å². The van der Waals surface area contributed by atoms with Crippen molar-refractivity contribution < 1.29 is 9.21 Å². The molecule has 2 N–H and O–H groups in total. The molecule has 0 radical (unpaired) electrons. The van der Waals surface area contributed by atoms with Crippen LogP contribution in [0.2, 0.25) is 0 Å². The molecule has 0 bridgehead atoms. The third-order valence-electron chi connectivity index (χ3n) is 2.42. The lowest BCUT2D eigenvalue weighted by molar-refractivity contribution is -0.115. The Morgan fingerprint density at radius 2 is 2.16 bits per heavy atom. The highest BCUT2D eigenvalue weighted by molar-refractivity contribution is 5.92. The Bertz CT molecular complexity index is 610. The molecule has 1 amide bonds. The van der Waals surface area contributed by atoms with Crippen molar-refractivity contribution in [3.8, 4) is 17.3 Å². The second-order valence-electron chi connectivity index (χ2n) is 3.75. The van der Waals surface area contributed by atoms with Gasteiger partial charge in [-0.2, -0.15) is 10.2 Å². The number of aromatic nitrogens is 1. The lowest BCUT2D eigenvalue weighted by atomic mass is 10.1. The molecule has 6 heteroatoms. The van der Waals surface area contributed by atoms with E-state index in [0.29, 0.717) is 17.4 Å². The van der Waals surface area contributed by atoms with Gasteiger partial charge in [0.05, 0.1) is 6.07 Å². The van der Waals surface area contributed by atoms with Gasteiger partial charge in [0.1, 0.15) is 18.4 Å². The molecular weight excluding hydrogens is 244 g/mol. The van der Waals surface area contributed by atoms with E-state index in [1.807, 2.05) is 12.1 Å². The van der Waals surface area contributed by atoms with Gasteiger partial charge in [0, 0.05) is 18.3 Å². The summed E-state index contributed by atoms with van der Waals surface area (Å²) in [6.45, 7) is 0. The zero-order valence-corrected chi connectivity index (χ0v) is 10.3. The van der Waals surface area contributed by atoms with Crippen LogP contribution in [0.15, 0.2) is 34.9 Å². The predicted molar refractivity (Wildman–Crippen MR) is 70.3 cm³/mol. The van der Waals surface area contributed by atoms with Gasteiger partial charge in [-0.05, 0) is 12.1 Å². The number of nitrogens with one attached hydrogen (secondary N) is 2. The van der Waals surface area contributed by atoms with E-state index < -0.39 is 0 Å². The molecule has 96 valence electrons. The van der Waals surface area contributed by atoms with Gasteiger partial charge < -0.3 is 15.1 Å². The third kappa shape index (κ3) is 3.10. The smallest absolute Gasteiger partial charge is 0.294 e. The number of hydrogen-bond acceptors (Lipinski definition) is 5. The second kappa shape index (κ2) is 5.69. The van der Waals surface area contributed by atoms with E-state index in [2.05, 4.69) is 15.6 Å². The molecule has 0 saturated carbocycles. The zero-order chi connectivity index (χ0) is 13.7. The summed E-state index contributed by atoms with van der Waals surface area (Å²) in [6.07, 6.45) is 1.39. The summed E-state index contributed by atoms with van der Waals surface area (Å²) in [4.78, 5) is 15.5. The van der Waals surface area contributed by atoms with Crippen LogP contribution in [-0.2, 0) is 4.79 Å². The minimum atomic E-state index is -0.325. The summed E-state index contributed by atoms with van der Waals surface area (Å²) in [5, 5.41) is 13.8. The monoisotopic (exact) mass is 256 g/mol. The Labute approximate surface area is 110 Å². The maximum Gasteiger partial charge on any atom is 0.294 e. The molecule has 0 spiro atoms. The highest BCUT2D eigenvalue weighted by atomic mass is 16.4. The van der Waals surface area contributed by atoms with Gasteiger partial charge in [-0.25, -0.2) is 0 Å². The standard InChI is InChI=1S/C13H12N4O2/c1-15-13-17-11(8-19-13)9-2-4-10(5-3-9)16-12(18)6-7-14/h2-5,8H,6H2,1H3,(H,15,17)(H,16,18). The molecule has 1 aromatic carbocycles. The van der Waals surface area contributed by atoms with Crippen molar-refractivity contribution in [3.63, 3.8) is 0 Å². The van der Waals surface area contributed by atoms with Crippen LogP contribution in [0.1, 0.15) is 6.42 Å². The molecule has 1 aromatic heterocycles. The van der Waals surface area contributed by atoms with E-state index in [9.17, 15) is 4.79 Å². The maximum absolute atomic E-state index is 11.2. The van der Waals surface area contributed by atoms with Gasteiger partial charge in [0.15, 0.2) is 0 Å². The number of anilines is 2. The highest BCUT2D eigenvalue weighted by Crippen LogP contribution is 2.22. The minimum absolute atomic E-state index is 0.156. The largest absolute Gasteiger partial charge is 0.432 e. The maximum atomic E-state index is 11.2. The molecule has 1 heterocycles. The van der Waals surface area contributed by atoms with E-state index in [0.717, 1.165) is 5.56 Å². The molecule has 19 heavy (non-hydrogen) atoms. The van der Waals surface area contributed by atoms with Crippen LogP contribution in [0.3, 0.4) is 0 Å². The van der Waals surface area contributed by atoms with Gasteiger partial charge in [0.2, 0.25) is 5.91 Å². The topological polar surface area (TPSA) is 91.0 Å². The number of hydrogen-bond donors (Lipinski definition) is 2. The minimum Gasteiger partial charge on any atom is -0.432 e. The summed E-state index contributed by atoms with van der Waals surface area (Å²) in [6, 6.07) is 9.37. The number of rotatable bonds is 4. The Balaban J connectivity index is 2.10.